The molecule has 2 radical (unpaired) electrons. The minimum absolute atomic E-state index is 0. The van der Waals surface area contributed by atoms with Gasteiger partial charge >= 0.3 is 0 Å². The van der Waals surface area contributed by atoms with Crippen molar-refractivity contribution in [2.45, 2.75) is 131 Å². The molecule has 0 aliphatic carbocycles. The molecule has 2 aromatic carbocycles. The van der Waals surface area contributed by atoms with Gasteiger partial charge < -0.3 is 20.4 Å². The maximum absolute atomic E-state index is 8.56. The fourth-order valence-electron chi connectivity index (χ4n) is 4.40. The number of aliphatic hydroxyl groups is 4. The molecule has 0 aliphatic heterocycles. The van der Waals surface area contributed by atoms with Gasteiger partial charge in [0, 0.05) is 62.4 Å². The Bertz CT molecular complexity index is 1440. The normalized spacial score (nSPS) is 13.1. The van der Waals surface area contributed by atoms with Crippen LogP contribution in [0.15, 0.2) is 61.2 Å². The van der Waals surface area contributed by atoms with Gasteiger partial charge in [-0.1, -0.05) is 67.5 Å². The molecule has 10 heteroatoms. The van der Waals surface area contributed by atoms with Crippen molar-refractivity contribution in [1.82, 2.24) is 19.9 Å². The topological polar surface area (TPSA) is 132 Å². The third kappa shape index (κ3) is 21.2. The van der Waals surface area contributed by atoms with Crippen molar-refractivity contribution in [3.8, 4) is 22.5 Å². The fraction of sp³-hybridized carbons (Fsp3) is 0.500. The van der Waals surface area contributed by atoms with Crippen LogP contribution in [0.25, 0.3) is 22.5 Å². The van der Waals surface area contributed by atoms with Gasteiger partial charge in [-0.05, 0) is 51.9 Å². The van der Waals surface area contributed by atoms with E-state index in [0.717, 1.165) is 39.5 Å². The summed E-state index contributed by atoms with van der Waals surface area (Å²) in [5.41, 5.74) is 8.49. The number of hydrogen-bond donors (Lipinski definition) is 4. The van der Waals surface area contributed by atoms with Gasteiger partial charge in [-0.15, -0.1) is 70.8 Å². The van der Waals surface area contributed by atoms with Crippen molar-refractivity contribution in [3.63, 3.8) is 0 Å². The van der Waals surface area contributed by atoms with Crippen LogP contribution in [0.2, 0.25) is 0 Å². The van der Waals surface area contributed by atoms with Crippen molar-refractivity contribution >= 4 is 0 Å². The third-order valence-corrected chi connectivity index (χ3v) is 6.64. The van der Waals surface area contributed by atoms with E-state index in [-0.39, 0.29) is 75.5 Å². The molecule has 4 atom stereocenters. The predicted molar refractivity (Wildman–Crippen MR) is 195 cm³/mol. The van der Waals surface area contributed by atoms with E-state index in [4.69, 9.17) is 20.4 Å². The Kier molecular flexibility index (Phi) is 24.0. The van der Waals surface area contributed by atoms with Crippen molar-refractivity contribution in [2.75, 3.05) is 0 Å². The van der Waals surface area contributed by atoms with Gasteiger partial charge in [0.25, 0.3) is 0 Å². The Morgan fingerprint density at radius 2 is 1.02 bits per heavy atom. The van der Waals surface area contributed by atoms with Crippen LogP contribution < -0.4 is 0 Å². The first-order valence-corrected chi connectivity index (χ1v) is 16.5. The second-order valence-electron chi connectivity index (χ2n) is 14.5. The Labute approximate surface area is 328 Å². The fourth-order valence-corrected chi connectivity index (χ4v) is 4.40. The maximum atomic E-state index is 8.56. The van der Waals surface area contributed by atoms with Gasteiger partial charge in [-0.25, -0.2) is 9.97 Å². The van der Waals surface area contributed by atoms with Crippen molar-refractivity contribution in [3.05, 3.63) is 95.8 Å². The van der Waals surface area contributed by atoms with Crippen molar-refractivity contribution in [2.24, 2.45) is 0 Å². The molecular formula is C40H58Ir2N4O4-2. The van der Waals surface area contributed by atoms with Crippen LogP contribution >= 0.6 is 0 Å². The van der Waals surface area contributed by atoms with E-state index >= 15 is 0 Å². The molecule has 4 aromatic rings. The first-order chi connectivity index (χ1) is 22.2. The summed E-state index contributed by atoms with van der Waals surface area (Å²) in [6, 6.07) is 22.7. The molecule has 0 saturated heterocycles. The number of benzene rings is 2. The Morgan fingerprint density at radius 1 is 0.600 bits per heavy atom. The molecule has 50 heavy (non-hydrogen) atoms. The molecular weight excluding hydrogens is 985 g/mol. The summed E-state index contributed by atoms with van der Waals surface area (Å²) in [5.74, 6) is 0. The van der Waals surface area contributed by atoms with Gasteiger partial charge in [0.1, 0.15) is 12.7 Å². The quantitative estimate of drug-likeness (QED) is 0.147. The van der Waals surface area contributed by atoms with E-state index in [9.17, 15) is 0 Å². The van der Waals surface area contributed by atoms with Crippen LogP contribution in [-0.4, -0.2) is 64.8 Å². The predicted octanol–water partition coefficient (Wildman–Crippen LogP) is 7.37. The van der Waals surface area contributed by atoms with Crippen molar-refractivity contribution in [1.29, 1.82) is 0 Å². The van der Waals surface area contributed by atoms with Crippen LogP contribution in [0, 0.1) is 26.0 Å². The van der Waals surface area contributed by atoms with Crippen LogP contribution in [0.3, 0.4) is 0 Å². The van der Waals surface area contributed by atoms with Crippen LogP contribution in [0.4, 0.5) is 0 Å². The monoisotopic (exact) mass is 1040 g/mol. The summed E-state index contributed by atoms with van der Waals surface area (Å²) in [5, 5.41) is 34.3. The van der Waals surface area contributed by atoms with E-state index < -0.39 is 0 Å². The second-order valence-corrected chi connectivity index (χ2v) is 14.5. The van der Waals surface area contributed by atoms with Gasteiger partial charge in [0.05, 0.1) is 24.4 Å². The number of rotatable bonds is 6. The molecule has 8 nitrogen and oxygen atoms in total. The van der Waals surface area contributed by atoms with Gasteiger partial charge in [0.2, 0.25) is 0 Å². The number of aromatic nitrogens is 4. The largest absolute Gasteiger partial charge is 0.393 e. The first-order valence-electron chi connectivity index (χ1n) is 16.5. The van der Waals surface area contributed by atoms with Crippen LogP contribution in [0.5, 0.6) is 0 Å². The van der Waals surface area contributed by atoms with E-state index in [1.165, 1.54) is 5.56 Å². The molecule has 282 valence electrons. The summed E-state index contributed by atoms with van der Waals surface area (Å²) in [4.78, 5) is 17.3. The average molecular weight is 1040 g/mol. The van der Waals surface area contributed by atoms with Gasteiger partial charge in [0.15, 0.2) is 0 Å². The number of nitrogens with zero attached hydrogens (tertiary/aromatic N) is 4. The van der Waals surface area contributed by atoms with Crippen LogP contribution in [-0.2, 0) is 51.0 Å². The van der Waals surface area contributed by atoms with E-state index in [1.54, 1.807) is 40.3 Å². The molecule has 0 aliphatic rings. The summed E-state index contributed by atoms with van der Waals surface area (Å²) >= 11 is 0. The Balaban J connectivity index is 0. The minimum Gasteiger partial charge on any atom is -0.393 e. The molecule has 0 fully saturated rings. The SMILES string of the molecule is CC(C)(C)c1cc(-c2[c-]cccc2)ncn1.CC(O)CC(C)O.CC(O)CC(C)O.Cc1[c-]c(-c2cc(C(C)(C)C)ncn2)cc(C)c1.[Ir].[Ir]. The minimum atomic E-state index is -0.375. The number of hydrogen-bond acceptors (Lipinski definition) is 8. The molecule has 0 spiro atoms. The molecule has 0 saturated carbocycles. The average Bonchev–Trinajstić information content (AvgIpc) is 2.96. The zero-order chi connectivity index (χ0) is 36.7. The molecule has 0 bridgehead atoms. The Hall–Kier alpha value is -2.26. The number of aliphatic hydroxyl groups excluding tert-OH is 4. The van der Waals surface area contributed by atoms with E-state index in [2.05, 4.69) is 106 Å². The molecule has 4 N–H and O–H groups in total. The van der Waals surface area contributed by atoms with E-state index in [1.807, 2.05) is 30.3 Å². The van der Waals surface area contributed by atoms with Gasteiger partial charge in [-0.3, -0.25) is 9.97 Å². The smallest absolute Gasteiger partial charge is 0.105 e. The molecule has 4 rings (SSSR count). The maximum Gasteiger partial charge on any atom is 0.105 e. The molecule has 4 unspecified atom stereocenters. The zero-order valence-corrected chi connectivity index (χ0v) is 36.5. The zero-order valence-electron chi connectivity index (χ0n) is 31.7. The summed E-state index contributed by atoms with van der Waals surface area (Å²) in [7, 11) is 0. The van der Waals surface area contributed by atoms with Gasteiger partial charge in [-0.2, -0.15) is 0 Å². The summed E-state index contributed by atoms with van der Waals surface area (Å²) in [6.07, 6.45) is 2.71. The standard InChI is InChI=1S/C16H19N2.C14H15N2.2C5H12O2.2Ir/c1-11-6-12(2)8-13(7-11)14-9-15(16(3,4)5)18-10-17-14;1-14(2,3)13-9-12(15-10-16-13)11-7-5-4-6-8-11;2*1-4(6)3-5(2)7;;/h6-7,9-10H,1-5H3;4-7,9-10H,1-3H3;2*4-7H,3H2,1-2H3;;/q2*-1;;;;. The molecule has 2 heterocycles. The second kappa shape index (κ2) is 24.1. The van der Waals surface area contributed by atoms with Crippen molar-refractivity contribution < 1.29 is 60.6 Å². The Morgan fingerprint density at radius 3 is 1.34 bits per heavy atom. The van der Waals surface area contributed by atoms with Crippen LogP contribution in [0.1, 0.15) is 105 Å². The summed E-state index contributed by atoms with van der Waals surface area (Å²) in [6.45, 7) is 23.7. The van der Waals surface area contributed by atoms with E-state index in [0.29, 0.717) is 12.8 Å². The summed E-state index contributed by atoms with van der Waals surface area (Å²) < 4.78 is 0. The number of aryl methyl sites for hydroxylation is 2. The third-order valence-electron chi connectivity index (χ3n) is 6.64. The first kappa shape index (κ1) is 49.8. The molecule has 2 aromatic heterocycles. The molecule has 0 amide bonds.